The molecule has 1 saturated heterocycles. The number of fused-ring (bicyclic) bond motifs is 1. The molecule has 1 fully saturated rings. The van der Waals surface area contributed by atoms with Gasteiger partial charge in [-0.15, -0.1) is 11.3 Å². The highest BCUT2D eigenvalue weighted by molar-refractivity contribution is 7.99. The Bertz CT molecular complexity index is 955. The van der Waals surface area contributed by atoms with Crippen LogP contribution >= 0.6 is 23.1 Å². The fraction of sp³-hybridized carbons (Fsp3) is 0.400. The predicted octanol–water partition coefficient (Wildman–Crippen LogP) is 4.37. The molecule has 1 amide bonds. The fourth-order valence-corrected chi connectivity index (χ4v) is 5.19. The van der Waals surface area contributed by atoms with Gasteiger partial charge in [0.15, 0.2) is 5.16 Å². The van der Waals surface area contributed by atoms with E-state index >= 15 is 0 Å². The van der Waals surface area contributed by atoms with Crippen molar-refractivity contribution in [2.24, 2.45) is 0 Å². The summed E-state index contributed by atoms with van der Waals surface area (Å²) in [6, 6.07) is 11.4. The number of carbonyl (C=O) groups is 1. The monoisotopic (exact) mass is 436 g/mol. The Hall–Kier alpha value is -1.97. The minimum atomic E-state index is -2.59. The van der Waals surface area contributed by atoms with Gasteiger partial charge < -0.3 is 9.88 Å². The molecular weight excluding hydrogens is 414 g/mol. The fourth-order valence-electron chi connectivity index (χ4n) is 3.73. The molecule has 0 spiro atoms. The minimum absolute atomic E-state index is 0.0350. The number of hydrogen-bond donors (Lipinski definition) is 1. The number of benzene rings is 1. The molecule has 9 heteroatoms. The number of nitrogens with zero attached hydrogens (tertiary/aromatic N) is 3. The molecular formula is C20H22F2N4OS2. The number of carbonyl (C=O) groups excluding carboxylic acids is 1. The van der Waals surface area contributed by atoms with Crippen molar-refractivity contribution in [2.45, 2.75) is 36.3 Å². The molecule has 0 bridgehead atoms. The van der Waals surface area contributed by atoms with E-state index in [0.717, 1.165) is 13.1 Å². The lowest BCUT2D eigenvalue weighted by Gasteiger charge is -2.27. The second-order valence-corrected chi connectivity index (χ2v) is 8.86. The highest BCUT2D eigenvalue weighted by Crippen LogP contribution is 2.29. The van der Waals surface area contributed by atoms with Crippen LogP contribution in [0.4, 0.5) is 8.78 Å². The molecule has 0 radical (unpaired) electrons. The van der Waals surface area contributed by atoms with Crippen LogP contribution in [0.5, 0.6) is 0 Å². The number of para-hydroxylation sites is 2. The molecule has 1 atom stereocenters. The van der Waals surface area contributed by atoms with Gasteiger partial charge in [-0.2, -0.15) is 8.78 Å². The number of amides is 1. The van der Waals surface area contributed by atoms with Crippen molar-refractivity contribution in [2.75, 3.05) is 19.6 Å². The molecule has 1 aliphatic heterocycles. The van der Waals surface area contributed by atoms with Gasteiger partial charge in [-0.25, -0.2) is 4.98 Å². The summed E-state index contributed by atoms with van der Waals surface area (Å²) in [5.41, 5.74) is 1.29. The van der Waals surface area contributed by atoms with Crippen LogP contribution in [0, 0.1) is 0 Å². The van der Waals surface area contributed by atoms with E-state index in [2.05, 4.69) is 21.3 Å². The smallest absolute Gasteiger partial charge is 0.291 e. The Kier molecular flexibility index (Phi) is 6.46. The summed E-state index contributed by atoms with van der Waals surface area (Å²) in [7, 11) is 0. The zero-order chi connectivity index (χ0) is 20.2. The van der Waals surface area contributed by atoms with Crippen molar-refractivity contribution >= 4 is 40.0 Å². The van der Waals surface area contributed by atoms with Crippen molar-refractivity contribution in [1.29, 1.82) is 0 Å². The Morgan fingerprint density at radius 2 is 2.00 bits per heavy atom. The third kappa shape index (κ3) is 4.79. The van der Waals surface area contributed by atoms with Crippen LogP contribution in [0.15, 0.2) is 46.9 Å². The van der Waals surface area contributed by atoms with Gasteiger partial charge in [0.05, 0.1) is 17.1 Å². The quantitative estimate of drug-likeness (QED) is 0.533. The number of nitrogens with one attached hydrogen (secondary N) is 1. The number of imidazole rings is 1. The normalized spacial score (nSPS) is 16.0. The van der Waals surface area contributed by atoms with E-state index in [1.54, 1.807) is 34.1 Å². The van der Waals surface area contributed by atoms with Crippen LogP contribution in [0.25, 0.3) is 11.0 Å². The number of likely N-dealkylation sites (tertiary alicyclic amines) is 1. The summed E-state index contributed by atoms with van der Waals surface area (Å²) in [5.74, 6) is -2.79. The highest BCUT2D eigenvalue weighted by Gasteiger charge is 2.25. The third-order valence-electron chi connectivity index (χ3n) is 5.06. The molecule has 29 heavy (non-hydrogen) atoms. The van der Waals surface area contributed by atoms with E-state index in [9.17, 15) is 13.6 Å². The van der Waals surface area contributed by atoms with Crippen LogP contribution in [-0.2, 0) is 11.3 Å². The van der Waals surface area contributed by atoms with Crippen LogP contribution in [-0.4, -0.2) is 45.7 Å². The molecule has 5 nitrogen and oxygen atoms in total. The summed E-state index contributed by atoms with van der Waals surface area (Å²) in [4.78, 5) is 20.6. The topological polar surface area (TPSA) is 50.2 Å². The molecule has 0 aliphatic carbocycles. The predicted molar refractivity (Wildman–Crippen MR) is 112 cm³/mol. The maximum absolute atomic E-state index is 13.0. The first-order valence-corrected chi connectivity index (χ1v) is 11.3. The largest absolute Gasteiger partial charge is 0.353 e. The summed E-state index contributed by atoms with van der Waals surface area (Å²) in [5, 5.41) is 5.22. The van der Waals surface area contributed by atoms with Crippen molar-refractivity contribution < 1.29 is 13.6 Å². The Balaban J connectivity index is 1.48. The second-order valence-electron chi connectivity index (χ2n) is 6.93. The highest BCUT2D eigenvalue weighted by atomic mass is 32.2. The maximum Gasteiger partial charge on any atom is 0.291 e. The number of alkyl halides is 2. The number of rotatable bonds is 8. The van der Waals surface area contributed by atoms with Gasteiger partial charge in [0.2, 0.25) is 5.91 Å². The van der Waals surface area contributed by atoms with Gasteiger partial charge in [-0.3, -0.25) is 9.69 Å². The van der Waals surface area contributed by atoms with Gasteiger partial charge >= 0.3 is 0 Å². The standard InChI is InChI=1S/C20H22F2N4OS2/c21-19(22)29-20-24-14-6-1-2-7-15(14)26(20)13-18(27)23-12-16(17-8-5-11-28-17)25-9-3-4-10-25/h1-2,5-8,11,16,19H,3-4,9-10,12-13H2,(H,23,27). The Morgan fingerprint density at radius 1 is 1.21 bits per heavy atom. The molecule has 0 saturated carbocycles. The van der Waals surface area contributed by atoms with E-state index in [1.165, 1.54) is 17.7 Å². The van der Waals surface area contributed by atoms with E-state index in [1.807, 2.05) is 17.5 Å². The molecule has 1 N–H and O–H groups in total. The minimum Gasteiger partial charge on any atom is -0.353 e. The zero-order valence-corrected chi connectivity index (χ0v) is 17.4. The van der Waals surface area contributed by atoms with Gasteiger partial charge in [-0.05, 0) is 61.3 Å². The molecule has 1 unspecified atom stereocenters. The number of halogens is 2. The lowest BCUT2D eigenvalue weighted by Crippen LogP contribution is -2.37. The van der Waals surface area contributed by atoms with E-state index in [4.69, 9.17) is 0 Å². The third-order valence-corrected chi connectivity index (χ3v) is 6.74. The number of thioether (sulfide) groups is 1. The van der Waals surface area contributed by atoms with Crippen molar-refractivity contribution in [3.8, 4) is 0 Å². The average molecular weight is 437 g/mol. The van der Waals surface area contributed by atoms with E-state index in [-0.39, 0.29) is 23.7 Å². The maximum atomic E-state index is 13.0. The van der Waals surface area contributed by atoms with Crippen molar-refractivity contribution in [3.63, 3.8) is 0 Å². The van der Waals surface area contributed by atoms with Gasteiger partial charge in [0.25, 0.3) is 5.76 Å². The molecule has 3 aromatic rings. The van der Waals surface area contributed by atoms with Gasteiger partial charge in [0.1, 0.15) is 6.54 Å². The molecule has 1 aliphatic rings. The van der Waals surface area contributed by atoms with Crippen LogP contribution in [0.1, 0.15) is 23.8 Å². The first-order chi connectivity index (χ1) is 14.1. The molecule has 4 rings (SSSR count). The van der Waals surface area contributed by atoms with Gasteiger partial charge in [-0.1, -0.05) is 18.2 Å². The number of thiophene rings is 1. The second kappa shape index (κ2) is 9.23. The Morgan fingerprint density at radius 3 is 2.72 bits per heavy atom. The first kappa shape index (κ1) is 20.3. The van der Waals surface area contributed by atoms with Crippen LogP contribution in [0.2, 0.25) is 0 Å². The number of hydrogen-bond acceptors (Lipinski definition) is 5. The first-order valence-electron chi connectivity index (χ1n) is 9.56. The summed E-state index contributed by atoms with van der Waals surface area (Å²) < 4.78 is 27.5. The summed E-state index contributed by atoms with van der Waals surface area (Å²) in [6.07, 6.45) is 2.34. The lowest BCUT2D eigenvalue weighted by atomic mass is 10.2. The Labute approximate surface area is 176 Å². The summed E-state index contributed by atoms with van der Waals surface area (Å²) >= 11 is 2.06. The summed E-state index contributed by atoms with van der Waals surface area (Å²) in [6.45, 7) is 2.52. The SMILES string of the molecule is O=C(Cn1c(SC(F)F)nc2ccccc21)NCC(c1cccs1)N1CCCC1. The van der Waals surface area contributed by atoms with Crippen LogP contribution in [0.3, 0.4) is 0 Å². The van der Waals surface area contributed by atoms with E-state index < -0.39 is 5.76 Å². The number of aromatic nitrogens is 2. The van der Waals surface area contributed by atoms with Crippen molar-refractivity contribution in [1.82, 2.24) is 19.8 Å². The lowest BCUT2D eigenvalue weighted by molar-refractivity contribution is -0.122. The van der Waals surface area contributed by atoms with Gasteiger partial charge in [0, 0.05) is 11.4 Å². The molecule has 154 valence electrons. The van der Waals surface area contributed by atoms with E-state index in [0.29, 0.717) is 29.3 Å². The molecule has 2 aromatic heterocycles. The van der Waals surface area contributed by atoms with Crippen molar-refractivity contribution in [3.05, 3.63) is 46.7 Å². The van der Waals surface area contributed by atoms with Crippen LogP contribution < -0.4 is 5.32 Å². The zero-order valence-electron chi connectivity index (χ0n) is 15.8. The average Bonchev–Trinajstić information content (AvgIpc) is 3.45. The molecule has 3 heterocycles. The molecule has 1 aromatic carbocycles.